The minimum absolute atomic E-state index is 0.769. The molecule has 0 fully saturated rings. The van der Waals surface area contributed by atoms with E-state index in [0.29, 0.717) is 0 Å². The van der Waals surface area contributed by atoms with E-state index in [2.05, 4.69) is 17.2 Å². The zero-order chi connectivity index (χ0) is 11.6. The molecule has 0 radical (unpaired) electrons. The van der Waals surface area contributed by atoms with Crippen LogP contribution in [-0.2, 0) is 4.79 Å². The van der Waals surface area contributed by atoms with Crippen molar-refractivity contribution in [2.24, 2.45) is 0 Å². The van der Waals surface area contributed by atoms with Crippen LogP contribution in [0.15, 0.2) is 30.3 Å². The third-order valence-corrected chi connectivity index (χ3v) is 2.01. The zero-order valence-electron chi connectivity index (χ0n) is 9.36. The van der Waals surface area contributed by atoms with E-state index in [9.17, 15) is 4.79 Å². The predicted octanol–water partition coefficient (Wildman–Crippen LogP) is 1.86. The van der Waals surface area contributed by atoms with Crippen molar-refractivity contribution < 1.29 is 4.79 Å². The quantitative estimate of drug-likeness (QED) is 0.358. The first-order valence-corrected chi connectivity index (χ1v) is 5.22. The van der Waals surface area contributed by atoms with Crippen LogP contribution >= 0.6 is 0 Å². The third kappa shape index (κ3) is 4.59. The molecule has 0 unspecified atom stereocenters. The Kier molecular flexibility index (Phi) is 5.68. The molecule has 16 heavy (non-hydrogen) atoms. The van der Waals surface area contributed by atoms with Gasteiger partial charge in [0.15, 0.2) is 0 Å². The second-order valence-corrected chi connectivity index (χ2v) is 3.27. The van der Waals surface area contributed by atoms with Gasteiger partial charge < -0.3 is 5.32 Å². The van der Waals surface area contributed by atoms with Gasteiger partial charge in [0, 0.05) is 18.5 Å². The fraction of sp³-hybridized carbons (Fsp3) is 0.214. The molecule has 0 aliphatic rings. The number of aldehydes is 1. The van der Waals surface area contributed by atoms with Gasteiger partial charge in [0.05, 0.1) is 0 Å². The van der Waals surface area contributed by atoms with Gasteiger partial charge in [-0.05, 0) is 30.8 Å². The summed E-state index contributed by atoms with van der Waals surface area (Å²) >= 11 is 0. The minimum Gasteiger partial charge on any atom is -0.319 e. The first-order valence-electron chi connectivity index (χ1n) is 5.22. The molecule has 2 heteroatoms. The number of allylic oxidation sites excluding steroid dienone is 1. The minimum atomic E-state index is 0.769. The van der Waals surface area contributed by atoms with Crippen molar-refractivity contribution in [2.75, 3.05) is 13.6 Å². The molecular weight excluding hydrogens is 198 g/mol. The average Bonchev–Trinajstić information content (AvgIpc) is 2.33. The molecule has 1 aromatic carbocycles. The SMILES string of the molecule is CNCCC#Cc1ccc(/C=C/C=O)cc1. The molecule has 0 heterocycles. The second kappa shape index (κ2) is 7.44. The van der Waals surface area contributed by atoms with E-state index in [1.807, 2.05) is 31.3 Å². The molecule has 1 N–H and O–H groups in total. The number of rotatable bonds is 4. The standard InChI is InChI=1S/C14H15NO/c1-15-11-3-2-5-13-7-9-14(10-8-13)6-4-12-16/h4,6-10,12,15H,3,11H2,1H3/b6-4+. The number of hydrogen-bond donors (Lipinski definition) is 1. The van der Waals surface area contributed by atoms with Crippen LogP contribution < -0.4 is 5.32 Å². The Morgan fingerprint density at radius 1 is 1.31 bits per heavy atom. The Bertz CT molecular complexity index is 407. The summed E-state index contributed by atoms with van der Waals surface area (Å²) in [6, 6.07) is 7.80. The summed E-state index contributed by atoms with van der Waals surface area (Å²) in [5.41, 5.74) is 2.01. The van der Waals surface area contributed by atoms with Gasteiger partial charge in [-0.2, -0.15) is 0 Å². The van der Waals surface area contributed by atoms with Gasteiger partial charge in [-0.1, -0.05) is 30.0 Å². The van der Waals surface area contributed by atoms with Crippen molar-refractivity contribution in [3.8, 4) is 11.8 Å². The first kappa shape index (κ1) is 12.2. The Hall–Kier alpha value is -1.85. The topological polar surface area (TPSA) is 29.1 Å². The maximum Gasteiger partial charge on any atom is 0.142 e. The van der Waals surface area contributed by atoms with Gasteiger partial charge in [0.25, 0.3) is 0 Å². The van der Waals surface area contributed by atoms with Crippen LogP contribution in [0.2, 0.25) is 0 Å². The number of hydrogen-bond acceptors (Lipinski definition) is 2. The molecule has 1 rings (SSSR count). The fourth-order valence-electron chi connectivity index (χ4n) is 1.18. The smallest absolute Gasteiger partial charge is 0.142 e. The Morgan fingerprint density at radius 2 is 2.06 bits per heavy atom. The van der Waals surface area contributed by atoms with Gasteiger partial charge in [-0.3, -0.25) is 4.79 Å². The van der Waals surface area contributed by atoms with Crippen LogP contribution in [0.25, 0.3) is 6.08 Å². The van der Waals surface area contributed by atoms with Crippen molar-refractivity contribution in [3.63, 3.8) is 0 Å². The summed E-state index contributed by atoms with van der Waals surface area (Å²) < 4.78 is 0. The molecule has 0 spiro atoms. The first-order chi connectivity index (χ1) is 7.86. The molecule has 1 aromatic rings. The molecule has 2 nitrogen and oxygen atoms in total. The van der Waals surface area contributed by atoms with Crippen LogP contribution in [-0.4, -0.2) is 19.9 Å². The summed E-state index contributed by atoms with van der Waals surface area (Å²) in [5.74, 6) is 6.16. The molecule has 0 aliphatic heterocycles. The maximum atomic E-state index is 10.1. The lowest BCUT2D eigenvalue weighted by Crippen LogP contribution is -2.05. The van der Waals surface area contributed by atoms with Gasteiger partial charge in [-0.25, -0.2) is 0 Å². The summed E-state index contributed by atoms with van der Waals surface area (Å²) in [6.45, 7) is 0.910. The summed E-state index contributed by atoms with van der Waals surface area (Å²) in [5, 5.41) is 3.04. The fourth-order valence-corrected chi connectivity index (χ4v) is 1.18. The molecule has 0 bridgehead atoms. The largest absolute Gasteiger partial charge is 0.319 e. The Balaban J connectivity index is 2.59. The van der Waals surface area contributed by atoms with Gasteiger partial charge in [-0.15, -0.1) is 0 Å². The number of carbonyl (C=O) groups is 1. The zero-order valence-corrected chi connectivity index (χ0v) is 9.36. The normalized spacial score (nSPS) is 9.81. The van der Waals surface area contributed by atoms with Crippen molar-refractivity contribution in [3.05, 3.63) is 41.5 Å². The summed E-state index contributed by atoms with van der Waals surface area (Å²) in [4.78, 5) is 10.1. The van der Waals surface area contributed by atoms with Crippen LogP contribution in [0.4, 0.5) is 0 Å². The Morgan fingerprint density at radius 3 is 2.69 bits per heavy atom. The van der Waals surface area contributed by atoms with Crippen LogP contribution in [0.1, 0.15) is 17.5 Å². The van der Waals surface area contributed by atoms with Crippen LogP contribution in [0, 0.1) is 11.8 Å². The molecular formula is C14H15NO. The van der Waals surface area contributed by atoms with E-state index in [0.717, 1.165) is 30.4 Å². The third-order valence-electron chi connectivity index (χ3n) is 2.01. The predicted molar refractivity (Wildman–Crippen MR) is 67.0 cm³/mol. The Labute approximate surface area is 96.4 Å². The van der Waals surface area contributed by atoms with Crippen molar-refractivity contribution in [1.82, 2.24) is 5.32 Å². The lowest BCUT2D eigenvalue weighted by molar-refractivity contribution is -0.104. The highest BCUT2D eigenvalue weighted by Gasteiger charge is 1.87. The number of carbonyl (C=O) groups excluding carboxylic acids is 1. The van der Waals surface area contributed by atoms with E-state index >= 15 is 0 Å². The highest BCUT2D eigenvalue weighted by atomic mass is 16.1. The van der Waals surface area contributed by atoms with E-state index in [1.165, 1.54) is 6.08 Å². The monoisotopic (exact) mass is 213 g/mol. The number of nitrogens with one attached hydrogen (secondary N) is 1. The summed E-state index contributed by atoms with van der Waals surface area (Å²) in [7, 11) is 1.91. The van der Waals surface area contributed by atoms with E-state index < -0.39 is 0 Å². The van der Waals surface area contributed by atoms with Gasteiger partial charge in [0.2, 0.25) is 0 Å². The molecule has 0 saturated heterocycles. The van der Waals surface area contributed by atoms with Crippen molar-refractivity contribution in [1.29, 1.82) is 0 Å². The molecule has 0 saturated carbocycles. The molecule has 0 aliphatic carbocycles. The maximum absolute atomic E-state index is 10.1. The van der Waals surface area contributed by atoms with Gasteiger partial charge >= 0.3 is 0 Å². The van der Waals surface area contributed by atoms with E-state index in [1.54, 1.807) is 6.08 Å². The highest BCUT2D eigenvalue weighted by molar-refractivity contribution is 5.73. The van der Waals surface area contributed by atoms with Crippen LogP contribution in [0.3, 0.4) is 0 Å². The van der Waals surface area contributed by atoms with E-state index in [4.69, 9.17) is 0 Å². The van der Waals surface area contributed by atoms with Gasteiger partial charge in [0.1, 0.15) is 6.29 Å². The van der Waals surface area contributed by atoms with Crippen LogP contribution in [0.5, 0.6) is 0 Å². The lowest BCUT2D eigenvalue weighted by Gasteiger charge is -1.93. The van der Waals surface area contributed by atoms with Crippen molar-refractivity contribution >= 4 is 12.4 Å². The molecule has 0 amide bonds. The molecule has 0 aromatic heterocycles. The molecule has 82 valence electrons. The van der Waals surface area contributed by atoms with E-state index in [-0.39, 0.29) is 0 Å². The molecule has 0 atom stereocenters. The second-order valence-electron chi connectivity index (χ2n) is 3.27. The number of benzene rings is 1. The highest BCUT2D eigenvalue weighted by Crippen LogP contribution is 2.04. The average molecular weight is 213 g/mol. The summed E-state index contributed by atoms with van der Waals surface area (Å²) in [6.07, 6.45) is 4.87. The van der Waals surface area contributed by atoms with Crippen molar-refractivity contribution in [2.45, 2.75) is 6.42 Å². The lowest BCUT2D eigenvalue weighted by atomic mass is 10.1.